The van der Waals surface area contributed by atoms with Gasteiger partial charge in [0.1, 0.15) is 5.76 Å². The fraction of sp³-hybridized carbons (Fsp3) is 0.154. The quantitative estimate of drug-likeness (QED) is 0.671. The maximum atomic E-state index is 5.21. The average Bonchev–Trinajstić information content (AvgIpc) is 2.86. The molecule has 3 rings (SSSR count). The largest absolute Gasteiger partial charge is 0.361 e. The number of benzene rings is 1. The molecule has 0 radical (unpaired) electrons. The Labute approximate surface area is 93.1 Å². The van der Waals surface area contributed by atoms with E-state index in [-0.39, 0.29) is 0 Å². The summed E-state index contributed by atoms with van der Waals surface area (Å²) in [4.78, 5) is 3.26. The van der Waals surface area contributed by atoms with Gasteiger partial charge in [0, 0.05) is 17.3 Å². The van der Waals surface area contributed by atoms with E-state index in [2.05, 4.69) is 34.4 Å². The Morgan fingerprint density at radius 1 is 1.19 bits per heavy atom. The van der Waals surface area contributed by atoms with E-state index in [1.807, 2.05) is 20.0 Å². The number of nitrogens with one attached hydrogen (secondary N) is 1. The Morgan fingerprint density at radius 3 is 2.81 bits per heavy atom. The minimum atomic E-state index is 0.861. The lowest BCUT2D eigenvalue weighted by molar-refractivity contribution is 0.393. The van der Waals surface area contributed by atoms with Gasteiger partial charge < -0.3 is 9.51 Å². The molecule has 1 N–H and O–H groups in total. The summed E-state index contributed by atoms with van der Waals surface area (Å²) in [6.07, 6.45) is 1.95. The van der Waals surface area contributed by atoms with Crippen molar-refractivity contribution in [2.45, 2.75) is 13.8 Å². The number of nitrogens with zero attached hydrogens (tertiary/aromatic N) is 1. The van der Waals surface area contributed by atoms with Crippen LogP contribution in [-0.2, 0) is 0 Å². The van der Waals surface area contributed by atoms with E-state index in [4.69, 9.17) is 4.52 Å². The lowest BCUT2D eigenvalue weighted by Gasteiger charge is -2.02. The lowest BCUT2D eigenvalue weighted by Crippen LogP contribution is -1.83. The second-order valence-electron chi connectivity index (χ2n) is 3.95. The summed E-state index contributed by atoms with van der Waals surface area (Å²) in [6.45, 7) is 3.91. The highest BCUT2D eigenvalue weighted by atomic mass is 16.5. The van der Waals surface area contributed by atoms with Crippen LogP contribution in [0.2, 0.25) is 0 Å². The van der Waals surface area contributed by atoms with Gasteiger partial charge in [-0.3, -0.25) is 0 Å². The number of aryl methyl sites for hydroxylation is 2. The number of hydrogen-bond donors (Lipinski definition) is 1. The zero-order valence-corrected chi connectivity index (χ0v) is 9.24. The summed E-state index contributed by atoms with van der Waals surface area (Å²) in [7, 11) is 0. The van der Waals surface area contributed by atoms with Crippen LogP contribution in [0.4, 0.5) is 0 Å². The Morgan fingerprint density at radius 2 is 2.06 bits per heavy atom. The minimum Gasteiger partial charge on any atom is -0.361 e. The maximum Gasteiger partial charge on any atom is 0.141 e. The first kappa shape index (κ1) is 9.21. The SMILES string of the molecule is Cc1noc(C)c1-c1cccc2cc[nH]c12. The molecule has 0 saturated carbocycles. The van der Waals surface area contributed by atoms with Gasteiger partial charge in [-0.05, 0) is 25.3 Å². The first-order valence-electron chi connectivity index (χ1n) is 5.27. The van der Waals surface area contributed by atoms with Crippen molar-refractivity contribution in [1.29, 1.82) is 0 Å². The number of hydrogen-bond acceptors (Lipinski definition) is 2. The van der Waals surface area contributed by atoms with E-state index < -0.39 is 0 Å². The van der Waals surface area contributed by atoms with Gasteiger partial charge in [0.05, 0.1) is 11.2 Å². The highest BCUT2D eigenvalue weighted by molar-refractivity contribution is 5.95. The predicted molar refractivity (Wildman–Crippen MR) is 63.3 cm³/mol. The second kappa shape index (κ2) is 3.23. The first-order chi connectivity index (χ1) is 7.77. The number of H-pyrrole nitrogens is 1. The summed E-state index contributed by atoms with van der Waals surface area (Å²) in [6, 6.07) is 8.30. The molecule has 2 aromatic heterocycles. The van der Waals surface area contributed by atoms with Gasteiger partial charge in [-0.25, -0.2) is 0 Å². The monoisotopic (exact) mass is 212 g/mol. The summed E-state index contributed by atoms with van der Waals surface area (Å²) in [5, 5.41) is 5.20. The molecule has 1 aromatic carbocycles. The molecule has 0 bridgehead atoms. The van der Waals surface area contributed by atoms with Crippen LogP contribution in [0.25, 0.3) is 22.0 Å². The van der Waals surface area contributed by atoms with Crippen molar-refractivity contribution >= 4 is 10.9 Å². The highest BCUT2D eigenvalue weighted by Crippen LogP contribution is 2.31. The van der Waals surface area contributed by atoms with Crippen molar-refractivity contribution in [1.82, 2.24) is 10.1 Å². The van der Waals surface area contributed by atoms with Crippen LogP contribution in [-0.4, -0.2) is 10.1 Å². The maximum absolute atomic E-state index is 5.21. The summed E-state index contributed by atoms with van der Waals surface area (Å²) >= 11 is 0. The summed E-state index contributed by atoms with van der Waals surface area (Å²) < 4.78 is 5.21. The van der Waals surface area contributed by atoms with Gasteiger partial charge >= 0.3 is 0 Å². The topological polar surface area (TPSA) is 41.8 Å². The van der Waals surface area contributed by atoms with Crippen molar-refractivity contribution in [3.63, 3.8) is 0 Å². The van der Waals surface area contributed by atoms with E-state index in [0.717, 1.165) is 28.1 Å². The van der Waals surface area contributed by atoms with E-state index >= 15 is 0 Å². The third kappa shape index (κ3) is 1.18. The fourth-order valence-electron chi connectivity index (χ4n) is 2.16. The van der Waals surface area contributed by atoms with E-state index in [1.165, 1.54) is 5.39 Å². The van der Waals surface area contributed by atoms with E-state index in [0.29, 0.717) is 0 Å². The smallest absolute Gasteiger partial charge is 0.141 e. The molecule has 0 aliphatic heterocycles. The van der Waals surface area contributed by atoms with Gasteiger partial charge in [-0.2, -0.15) is 0 Å². The number of rotatable bonds is 1. The number of fused-ring (bicyclic) bond motifs is 1. The molecular weight excluding hydrogens is 200 g/mol. The molecule has 16 heavy (non-hydrogen) atoms. The standard InChI is InChI=1S/C13H12N2O/c1-8-12(9(2)16-15-8)11-5-3-4-10-6-7-14-13(10)11/h3-7,14H,1-2H3. The van der Waals surface area contributed by atoms with Crippen LogP contribution in [0.5, 0.6) is 0 Å². The Bertz CT molecular complexity index is 629. The van der Waals surface area contributed by atoms with Crippen LogP contribution < -0.4 is 0 Å². The number of aromatic nitrogens is 2. The van der Waals surface area contributed by atoms with E-state index in [1.54, 1.807) is 0 Å². The second-order valence-corrected chi connectivity index (χ2v) is 3.95. The van der Waals surface area contributed by atoms with Gasteiger partial charge in [-0.15, -0.1) is 0 Å². The minimum absolute atomic E-state index is 0.861. The molecule has 0 aliphatic rings. The van der Waals surface area contributed by atoms with Crippen molar-refractivity contribution in [3.05, 3.63) is 41.9 Å². The molecule has 80 valence electrons. The van der Waals surface area contributed by atoms with Gasteiger partial charge in [0.25, 0.3) is 0 Å². The third-order valence-electron chi connectivity index (χ3n) is 2.89. The lowest BCUT2D eigenvalue weighted by atomic mass is 10.0. The first-order valence-corrected chi connectivity index (χ1v) is 5.27. The molecule has 0 aliphatic carbocycles. The molecule has 0 saturated heterocycles. The van der Waals surface area contributed by atoms with Gasteiger partial charge in [-0.1, -0.05) is 23.4 Å². The molecule has 0 spiro atoms. The van der Waals surface area contributed by atoms with Crippen molar-refractivity contribution < 1.29 is 4.52 Å². The average molecular weight is 212 g/mol. The molecule has 0 unspecified atom stereocenters. The summed E-state index contributed by atoms with van der Waals surface area (Å²) in [5.74, 6) is 0.861. The van der Waals surface area contributed by atoms with Gasteiger partial charge in [0.15, 0.2) is 0 Å². The zero-order valence-electron chi connectivity index (χ0n) is 9.24. The highest BCUT2D eigenvalue weighted by Gasteiger charge is 2.14. The van der Waals surface area contributed by atoms with Crippen LogP contribution in [0.3, 0.4) is 0 Å². The molecule has 3 aromatic rings. The van der Waals surface area contributed by atoms with Crippen molar-refractivity contribution in [3.8, 4) is 11.1 Å². The molecule has 2 heterocycles. The Kier molecular flexibility index (Phi) is 1.86. The van der Waals surface area contributed by atoms with Crippen LogP contribution >= 0.6 is 0 Å². The van der Waals surface area contributed by atoms with Gasteiger partial charge in [0.2, 0.25) is 0 Å². The molecule has 0 fully saturated rings. The number of aromatic amines is 1. The predicted octanol–water partition coefficient (Wildman–Crippen LogP) is 3.44. The van der Waals surface area contributed by atoms with Crippen LogP contribution in [0.1, 0.15) is 11.5 Å². The van der Waals surface area contributed by atoms with Crippen LogP contribution in [0.15, 0.2) is 35.0 Å². The molecule has 3 nitrogen and oxygen atoms in total. The number of para-hydroxylation sites is 1. The molecule has 0 amide bonds. The summed E-state index contributed by atoms with van der Waals surface area (Å²) in [5.41, 5.74) is 4.31. The van der Waals surface area contributed by atoms with Crippen molar-refractivity contribution in [2.24, 2.45) is 0 Å². The van der Waals surface area contributed by atoms with Crippen LogP contribution in [0, 0.1) is 13.8 Å². The third-order valence-corrected chi connectivity index (χ3v) is 2.89. The van der Waals surface area contributed by atoms with E-state index in [9.17, 15) is 0 Å². The molecule has 3 heteroatoms. The Balaban J connectivity index is 2.38. The fourth-order valence-corrected chi connectivity index (χ4v) is 2.16. The zero-order chi connectivity index (χ0) is 11.1. The van der Waals surface area contributed by atoms with Crippen molar-refractivity contribution in [2.75, 3.05) is 0 Å². The Hall–Kier alpha value is -2.03. The molecular formula is C13H12N2O. The molecule has 0 atom stereocenters. The normalized spacial score (nSPS) is 11.1.